The molecule has 0 saturated heterocycles. The molecule has 1 aliphatic rings. The highest BCUT2D eigenvalue weighted by atomic mass is 32.1. The molecular weight excluding hydrogens is 274 g/mol. The molecule has 1 aromatic rings. The molecule has 1 aromatic heterocycles. The fourth-order valence-corrected chi connectivity index (χ4v) is 3.61. The molecule has 2 N–H and O–H groups in total. The van der Waals surface area contributed by atoms with Gasteiger partial charge < -0.3 is 10.4 Å². The first kappa shape index (κ1) is 15.0. The zero-order chi connectivity index (χ0) is 15.1. The van der Waals surface area contributed by atoms with Crippen LogP contribution in [0.1, 0.15) is 32.6 Å². The summed E-state index contributed by atoms with van der Waals surface area (Å²) in [7, 11) is 0. The smallest absolute Gasteiger partial charge is 0.307 e. The summed E-state index contributed by atoms with van der Waals surface area (Å²) in [4.78, 5) is 24.5. The number of carbonyl (C=O) groups excluding carboxylic acids is 1. The van der Waals surface area contributed by atoms with E-state index < -0.39 is 23.2 Å². The summed E-state index contributed by atoms with van der Waals surface area (Å²) in [6.45, 7) is 8.34. The number of carbonyl (C=O) groups is 2. The molecule has 2 rings (SSSR count). The quantitative estimate of drug-likeness (QED) is 0.877. The van der Waals surface area contributed by atoms with Crippen LogP contribution in [0.2, 0.25) is 0 Å². The van der Waals surface area contributed by atoms with Gasteiger partial charge in [0.15, 0.2) is 0 Å². The van der Waals surface area contributed by atoms with E-state index in [0.29, 0.717) is 6.54 Å². The summed E-state index contributed by atoms with van der Waals surface area (Å²) < 4.78 is 0. The van der Waals surface area contributed by atoms with Crippen LogP contribution in [0.25, 0.3) is 0 Å². The van der Waals surface area contributed by atoms with Gasteiger partial charge in [-0.05, 0) is 16.9 Å². The number of hydrogen-bond acceptors (Lipinski definition) is 3. The van der Waals surface area contributed by atoms with Crippen molar-refractivity contribution in [3.63, 3.8) is 0 Å². The van der Waals surface area contributed by atoms with E-state index in [1.807, 2.05) is 25.3 Å². The number of carboxylic acid groups (broad SMARTS) is 1. The van der Waals surface area contributed by atoms with Gasteiger partial charge in [0.25, 0.3) is 0 Å². The number of hydrogen-bond donors (Lipinski definition) is 2. The molecule has 110 valence electrons. The first-order valence-electron chi connectivity index (χ1n) is 6.72. The number of amides is 1. The highest BCUT2D eigenvalue weighted by Gasteiger charge is 2.65. The third kappa shape index (κ3) is 2.59. The highest BCUT2D eigenvalue weighted by molar-refractivity contribution is 7.10. The van der Waals surface area contributed by atoms with Crippen LogP contribution in [-0.2, 0) is 15.0 Å². The molecule has 1 saturated carbocycles. The van der Waals surface area contributed by atoms with Gasteiger partial charge in [-0.1, -0.05) is 33.8 Å². The average Bonchev–Trinajstić information content (AvgIpc) is 2.76. The number of carboxylic acids is 1. The maximum atomic E-state index is 12.2. The molecule has 0 aromatic carbocycles. The Morgan fingerprint density at radius 2 is 2.05 bits per heavy atom. The Hall–Kier alpha value is -1.36. The van der Waals surface area contributed by atoms with Gasteiger partial charge in [-0.15, -0.1) is 11.3 Å². The van der Waals surface area contributed by atoms with E-state index in [-0.39, 0.29) is 11.3 Å². The van der Waals surface area contributed by atoms with Crippen molar-refractivity contribution >= 4 is 23.2 Å². The normalized spacial score (nSPS) is 24.2. The van der Waals surface area contributed by atoms with Crippen LogP contribution in [0.15, 0.2) is 17.5 Å². The fraction of sp³-hybridized carbons (Fsp3) is 0.600. The van der Waals surface area contributed by atoms with Gasteiger partial charge >= 0.3 is 5.97 Å². The number of nitrogens with one attached hydrogen (secondary N) is 1. The SMILES string of the molecule is CC(C)(CNC(=O)[C@@H]1[C@H](C(=O)O)C1(C)C)c1cccs1. The maximum absolute atomic E-state index is 12.2. The molecule has 1 fully saturated rings. The Bertz CT molecular complexity index is 519. The zero-order valence-corrected chi connectivity index (χ0v) is 13.1. The van der Waals surface area contributed by atoms with E-state index >= 15 is 0 Å². The third-order valence-electron chi connectivity index (χ3n) is 4.27. The van der Waals surface area contributed by atoms with Crippen LogP contribution in [0.5, 0.6) is 0 Å². The van der Waals surface area contributed by atoms with Gasteiger partial charge in [-0.25, -0.2) is 0 Å². The van der Waals surface area contributed by atoms with Crippen molar-refractivity contribution in [1.29, 1.82) is 0 Å². The topological polar surface area (TPSA) is 66.4 Å². The number of aliphatic carboxylic acids is 1. The van der Waals surface area contributed by atoms with Crippen molar-refractivity contribution in [3.05, 3.63) is 22.4 Å². The predicted octanol–water partition coefficient (Wildman–Crippen LogP) is 2.50. The Kier molecular flexibility index (Phi) is 3.67. The van der Waals surface area contributed by atoms with E-state index in [2.05, 4.69) is 25.2 Å². The van der Waals surface area contributed by atoms with Crippen LogP contribution in [0.3, 0.4) is 0 Å². The molecule has 0 bridgehead atoms. The minimum absolute atomic E-state index is 0.137. The lowest BCUT2D eigenvalue weighted by Gasteiger charge is -2.23. The summed E-state index contributed by atoms with van der Waals surface area (Å²) in [6.07, 6.45) is 0. The summed E-state index contributed by atoms with van der Waals surface area (Å²) in [6, 6.07) is 4.05. The van der Waals surface area contributed by atoms with Crippen LogP contribution >= 0.6 is 11.3 Å². The minimum atomic E-state index is -0.882. The zero-order valence-electron chi connectivity index (χ0n) is 12.3. The highest BCUT2D eigenvalue weighted by Crippen LogP contribution is 2.58. The van der Waals surface area contributed by atoms with Gasteiger partial charge in [0.1, 0.15) is 0 Å². The van der Waals surface area contributed by atoms with Crippen LogP contribution in [0, 0.1) is 17.3 Å². The van der Waals surface area contributed by atoms with Crippen LogP contribution in [0.4, 0.5) is 0 Å². The van der Waals surface area contributed by atoms with Crippen molar-refractivity contribution in [3.8, 4) is 0 Å². The van der Waals surface area contributed by atoms with Crippen LogP contribution in [-0.4, -0.2) is 23.5 Å². The molecule has 0 aliphatic heterocycles. The maximum Gasteiger partial charge on any atom is 0.307 e. The summed E-state index contributed by atoms with van der Waals surface area (Å²) in [5.74, 6) is -2.01. The van der Waals surface area contributed by atoms with E-state index in [1.165, 1.54) is 4.88 Å². The molecule has 2 atom stereocenters. The van der Waals surface area contributed by atoms with Crippen molar-refractivity contribution in [1.82, 2.24) is 5.32 Å². The first-order valence-corrected chi connectivity index (χ1v) is 7.60. The average molecular weight is 295 g/mol. The molecular formula is C15H21NO3S. The number of rotatable bonds is 5. The monoisotopic (exact) mass is 295 g/mol. The molecule has 1 amide bonds. The van der Waals surface area contributed by atoms with Gasteiger partial charge in [0.2, 0.25) is 5.91 Å². The number of thiophene rings is 1. The van der Waals surface area contributed by atoms with Crippen molar-refractivity contribution in [2.75, 3.05) is 6.54 Å². The first-order chi connectivity index (χ1) is 9.18. The molecule has 0 radical (unpaired) electrons. The van der Waals surface area contributed by atoms with Gasteiger partial charge in [0, 0.05) is 16.8 Å². The molecule has 5 heteroatoms. The molecule has 4 nitrogen and oxygen atoms in total. The second-order valence-electron chi connectivity index (χ2n) is 6.69. The van der Waals surface area contributed by atoms with Gasteiger partial charge in [0.05, 0.1) is 11.8 Å². The van der Waals surface area contributed by atoms with Gasteiger partial charge in [-0.3, -0.25) is 9.59 Å². The Balaban J connectivity index is 1.96. The summed E-state index contributed by atoms with van der Waals surface area (Å²) in [5, 5.41) is 14.0. The Morgan fingerprint density at radius 1 is 1.40 bits per heavy atom. The summed E-state index contributed by atoms with van der Waals surface area (Å²) >= 11 is 1.67. The van der Waals surface area contributed by atoms with E-state index in [9.17, 15) is 9.59 Å². The van der Waals surface area contributed by atoms with E-state index in [0.717, 1.165) is 0 Å². The lowest BCUT2D eigenvalue weighted by atomic mass is 9.91. The van der Waals surface area contributed by atoms with Crippen molar-refractivity contribution < 1.29 is 14.7 Å². The van der Waals surface area contributed by atoms with Crippen molar-refractivity contribution in [2.24, 2.45) is 17.3 Å². The van der Waals surface area contributed by atoms with Crippen molar-refractivity contribution in [2.45, 2.75) is 33.1 Å². The molecule has 0 unspecified atom stereocenters. The molecule has 1 aliphatic carbocycles. The molecule has 20 heavy (non-hydrogen) atoms. The lowest BCUT2D eigenvalue weighted by Crippen LogP contribution is -2.37. The fourth-order valence-electron chi connectivity index (χ4n) is 2.76. The van der Waals surface area contributed by atoms with E-state index in [4.69, 9.17) is 5.11 Å². The second kappa shape index (κ2) is 4.88. The second-order valence-corrected chi connectivity index (χ2v) is 7.64. The Morgan fingerprint density at radius 3 is 2.50 bits per heavy atom. The molecule has 0 spiro atoms. The summed E-state index contributed by atoms with van der Waals surface area (Å²) in [5.41, 5.74) is -0.579. The van der Waals surface area contributed by atoms with E-state index in [1.54, 1.807) is 11.3 Å². The minimum Gasteiger partial charge on any atom is -0.481 e. The van der Waals surface area contributed by atoms with Gasteiger partial charge in [-0.2, -0.15) is 0 Å². The van der Waals surface area contributed by atoms with Crippen LogP contribution < -0.4 is 5.32 Å². The standard InChI is InChI=1S/C15H21NO3S/c1-14(2,9-6-5-7-20-9)8-16-12(17)10-11(13(18)19)15(10,3)4/h5-7,10-11H,8H2,1-4H3,(H,16,17)(H,18,19)/t10-,11+/m0/s1. The largest absolute Gasteiger partial charge is 0.481 e. The lowest BCUT2D eigenvalue weighted by molar-refractivity contribution is -0.140. The molecule has 1 heterocycles. The third-order valence-corrected chi connectivity index (χ3v) is 5.50. The predicted molar refractivity (Wildman–Crippen MR) is 78.8 cm³/mol. The Labute approximate surface area is 123 Å².